The fourth-order valence-corrected chi connectivity index (χ4v) is 3.12. The second-order valence-electron chi connectivity index (χ2n) is 6.40. The SMILES string of the molecule is Cl.Cl.O=C(/C=C/c1ccc(N[C@@H]2CCN(Cc3ccccc3)C2)c(F)c1)NO. The van der Waals surface area contributed by atoms with Crippen LogP contribution in [0.2, 0.25) is 0 Å². The molecule has 3 rings (SSSR count). The first-order valence-electron chi connectivity index (χ1n) is 8.58. The van der Waals surface area contributed by atoms with E-state index in [9.17, 15) is 9.18 Å². The molecule has 0 bridgehead atoms. The Hall–Kier alpha value is -2.12. The number of hydroxylamine groups is 1. The van der Waals surface area contributed by atoms with E-state index in [4.69, 9.17) is 5.21 Å². The van der Waals surface area contributed by atoms with Gasteiger partial charge in [-0.05, 0) is 35.8 Å². The molecule has 0 saturated carbocycles. The summed E-state index contributed by atoms with van der Waals surface area (Å²) in [6, 6.07) is 15.3. The van der Waals surface area contributed by atoms with Crippen LogP contribution in [0.3, 0.4) is 0 Å². The van der Waals surface area contributed by atoms with E-state index in [-0.39, 0.29) is 36.7 Å². The maximum atomic E-state index is 14.3. The number of rotatable bonds is 6. The summed E-state index contributed by atoms with van der Waals surface area (Å²) in [6.07, 6.45) is 3.54. The minimum Gasteiger partial charge on any atom is -0.379 e. The molecule has 0 radical (unpaired) electrons. The van der Waals surface area contributed by atoms with Crippen molar-refractivity contribution in [3.63, 3.8) is 0 Å². The van der Waals surface area contributed by atoms with Crippen LogP contribution in [0.5, 0.6) is 0 Å². The van der Waals surface area contributed by atoms with Gasteiger partial charge in [0, 0.05) is 31.8 Å². The normalized spacial score (nSPS) is 16.3. The number of carbonyl (C=O) groups is 1. The fraction of sp³-hybridized carbons (Fsp3) is 0.250. The summed E-state index contributed by atoms with van der Waals surface area (Å²) in [5.74, 6) is -1.02. The van der Waals surface area contributed by atoms with Gasteiger partial charge in [-0.15, -0.1) is 24.8 Å². The lowest BCUT2D eigenvalue weighted by atomic mass is 10.1. The average Bonchev–Trinajstić information content (AvgIpc) is 3.09. The standard InChI is InChI=1S/C20H22FN3O2.2ClH/c21-18-12-15(7-9-20(25)23-26)6-8-19(18)22-17-10-11-24(14-17)13-16-4-2-1-3-5-16;;/h1-9,12,17,22,26H,10-11,13-14H2,(H,23,25);2*1H/b9-7+;;/t17-;;/m1../s1. The van der Waals surface area contributed by atoms with Crippen molar-refractivity contribution in [3.05, 3.63) is 71.6 Å². The fourth-order valence-electron chi connectivity index (χ4n) is 3.12. The van der Waals surface area contributed by atoms with Crippen LogP contribution in [0.15, 0.2) is 54.6 Å². The number of likely N-dealkylation sites (tertiary alicyclic amines) is 1. The molecule has 8 heteroatoms. The first kappa shape index (κ1) is 23.9. The predicted octanol–water partition coefficient (Wildman–Crippen LogP) is 3.87. The van der Waals surface area contributed by atoms with Crippen molar-refractivity contribution < 1.29 is 14.4 Å². The summed E-state index contributed by atoms with van der Waals surface area (Å²) in [5.41, 5.74) is 3.78. The van der Waals surface area contributed by atoms with Crippen molar-refractivity contribution in [3.8, 4) is 0 Å². The second kappa shape index (κ2) is 11.7. The smallest absolute Gasteiger partial charge is 0.267 e. The molecular weight excluding hydrogens is 404 g/mol. The number of hydrogen-bond acceptors (Lipinski definition) is 4. The van der Waals surface area contributed by atoms with Crippen molar-refractivity contribution in [1.29, 1.82) is 0 Å². The van der Waals surface area contributed by atoms with Gasteiger partial charge in [0.2, 0.25) is 0 Å². The highest BCUT2D eigenvalue weighted by Gasteiger charge is 2.23. The number of nitrogens with one attached hydrogen (secondary N) is 2. The largest absolute Gasteiger partial charge is 0.379 e. The van der Waals surface area contributed by atoms with Gasteiger partial charge in [0.15, 0.2) is 0 Å². The molecule has 0 unspecified atom stereocenters. The van der Waals surface area contributed by atoms with Gasteiger partial charge in [-0.2, -0.15) is 0 Å². The van der Waals surface area contributed by atoms with E-state index >= 15 is 0 Å². The highest BCUT2D eigenvalue weighted by atomic mass is 35.5. The minimum atomic E-state index is -0.655. The Balaban J connectivity index is 0.00000196. The first-order valence-corrected chi connectivity index (χ1v) is 8.58. The Morgan fingerprint density at radius 2 is 1.96 bits per heavy atom. The lowest BCUT2D eigenvalue weighted by Crippen LogP contribution is -2.26. The Morgan fingerprint density at radius 1 is 1.21 bits per heavy atom. The molecule has 1 heterocycles. The molecule has 5 nitrogen and oxygen atoms in total. The number of benzene rings is 2. The zero-order valence-corrected chi connectivity index (χ0v) is 16.8. The Morgan fingerprint density at radius 3 is 2.64 bits per heavy atom. The van der Waals surface area contributed by atoms with E-state index in [0.29, 0.717) is 11.3 Å². The number of halogens is 3. The molecule has 1 aliphatic rings. The van der Waals surface area contributed by atoms with Gasteiger partial charge in [0.05, 0.1) is 5.69 Å². The summed E-state index contributed by atoms with van der Waals surface area (Å²) in [5, 5.41) is 11.7. The van der Waals surface area contributed by atoms with Crippen LogP contribution in [0.4, 0.5) is 10.1 Å². The summed E-state index contributed by atoms with van der Waals surface area (Å²) in [7, 11) is 0. The Kier molecular flexibility index (Phi) is 9.96. The summed E-state index contributed by atoms with van der Waals surface area (Å²) in [4.78, 5) is 13.3. The number of nitrogens with zero attached hydrogens (tertiary/aromatic N) is 1. The zero-order valence-electron chi connectivity index (χ0n) is 15.2. The van der Waals surface area contributed by atoms with Gasteiger partial charge in [-0.25, -0.2) is 9.87 Å². The molecule has 0 aromatic heterocycles. The second-order valence-corrected chi connectivity index (χ2v) is 6.40. The van der Waals surface area contributed by atoms with Crippen molar-refractivity contribution in [2.24, 2.45) is 0 Å². The monoisotopic (exact) mass is 427 g/mol. The predicted molar refractivity (Wildman–Crippen MR) is 114 cm³/mol. The van der Waals surface area contributed by atoms with E-state index in [2.05, 4.69) is 22.3 Å². The quantitative estimate of drug-likeness (QED) is 0.371. The van der Waals surface area contributed by atoms with Crippen LogP contribution in [0.25, 0.3) is 6.08 Å². The third-order valence-electron chi connectivity index (χ3n) is 4.41. The van der Waals surface area contributed by atoms with Crippen molar-refractivity contribution >= 4 is 42.5 Å². The molecule has 3 N–H and O–H groups in total. The van der Waals surface area contributed by atoms with Gasteiger partial charge in [-0.1, -0.05) is 36.4 Å². The van der Waals surface area contributed by atoms with Gasteiger partial charge in [0.25, 0.3) is 5.91 Å². The molecule has 1 atom stereocenters. The maximum Gasteiger partial charge on any atom is 0.267 e. The van der Waals surface area contributed by atoms with Crippen molar-refractivity contribution in [2.45, 2.75) is 19.0 Å². The lowest BCUT2D eigenvalue weighted by molar-refractivity contribution is -0.124. The average molecular weight is 428 g/mol. The molecule has 28 heavy (non-hydrogen) atoms. The van der Waals surface area contributed by atoms with Crippen LogP contribution in [-0.4, -0.2) is 35.1 Å². The van der Waals surface area contributed by atoms with E-state index in [1.807, 2.05) is 18.2 Å². The third kappa shape index (κ3) is 6.80. The summed E-state index contributed by atoms with van der Waals surface area (Å²) >= 11 is 0. The van der Waals surface area contributed by atoms with Gasteiger partial charge >= 0.3 is 0 Å². The van der Waals surface area contributed by atoms with Crippen LogP contribution in [0, 0.1) is 5.82 Å². The topological polar surface area (TPSA) is 64.6 Å². The van der Waals surface area contributed by atoms with Crippen LogP contribution >= 0.6 is 24.8 Å². The van der Waals surface area contributed by atoms with Crippen LogP contribution in [-0.2, 0) is 11.3 Å². The molecule has 2 aromatic carbocycles. The first-order chi connectivity index (χ1) is 12.6. The van der Waals surface area contributed by atoms with E-state index in [0.717, 1.165) is 32.1 Å². The van der Waals surface area contributed by atoms with Crippen LogP contribution in [0.1, 0.15) is 17.5 Å². The molecule has 0 spiro atoms. The molecule has 1 fully saturated rings. The molecule has 1 saturated heterocycles. The van der Waals surface area contributed by atoms with Crippen LogP contribution < -0.4 is 10.8 Å². The number of amides is 1. The summed E-state index contributed by atoms with van der Waals surface area (Å²) in [6.45, 7) is 2.75. The summed E-state index contributed by atoms with van der Waals surface area (Å²) < 4.78 is 14.3. The third-order valence-corrected chi connectivity index (χ3v) is 4.41. The molecule has 152 valence electrons. The molecule has 1 aliphatic heterocycles. The molecule has 1 amide bonds. The van der Waals surface area contributed by atoms with Gasteiger partial charge in [-0.3, -0.25) is 14.9 Å². The highest BCUT2D eigenvalue weighted by Crippen LogP contribution is 2.21. The van der Waals surface area contributed by atoms with E-state index < -0.39 is 5.91 Å². The number of hydrogen-bond donors (Lipinski definition) is 3. The van der Waals surface area contributed by atoms with Crippen molar-refractivity contribution in [2.75, 3.05) is 18.4 Å². The van der Waals surface area contributed by atoms with Crippen molar-refractivity contribution in [1.82, 2.24) is 10.4 Å². The lowest BCUT2D eigenvalue weighted by Gasteiger charge is -2.18. The Bertz CT molecular complexity index is 790. The molecule has 2 aromatic rings. The molecule has 0 aliphatic carbocycles. The minimum absolute atomic E-state index is 0. The van der Waals surface area contributed by atoms with E-state index in [1.54, 1.807) is 12.1 Å². The van der Waals surface area contributed by atoms with Gasteiger partial charge < -0.3 is 5.32 Å². The number of carbonyl (C=O) groups excluding carboxylic acids is 1. The zero-order chi connectivity index (χ0) is 18.4. The number of anilines is 1. The highest BCUT2D eigenvalue weighted by molar-refractivity contribution is 5.90. The van der Waals surface area contributed by atoms with Gasteiger partial charge in [0.1, 0.15) is 5.82 Å². The maximum absolute atomic E-state index is 14.3. The van der Waals surface area contributed by atoms with E-state index in [1.165, 1.54) is 23.2 Å². The Labute approximate surface area is 176 Å². The molecular formula is C20H24Cl2FN3O2.